The van der Waals surface area contributed by atoms with E-state index in [0.29, 0.717) is 16.8 Å². The number of hydrogen-bond donors (Lipinski definition) is 1. The molecule has 0 atom stereocenters. The summed E-state index contributed by atoms with van der Waals surface area (Å²) in [5.41, 5.74) is 0.664. The average molecular weight is 330 g/mol. The summed E-state index contributed by atoms with van der Waals surface area (Å²) in [6.07, 6.45) is -1.45. The highest BCUT2D eigenvalue weighted by molar-refractivity contribution is 6.35. The Bertz CT molecular complexity index is 964. The number of para-hydroxylation sites is 1. The Morgan fingerprint density at radius 1 is 1.13 bits per heavy atom. The lowest BCUT2D eigenvalue weighted by Gasteiger charge is -2.16. The summed E-state index contributed by atoms with van der Waals surface area (Å²) in [5.74, 6) is 0.0958. The fourth-order valence-corrected chi connectivity index (χ4v) is 2.85. The lowest BCUT2D eigenvalue weighted by atomic mass is 10.1. The van der Waals surface area contributed by atoms with Crippen LogP contribution in [-0.4, -0.2) is 15.8 Å². The number of benzene rings is 2. The molecule has 1 N–H and O–H groups in total. The van der Waals surface area contributed by atoms with Crippen LogP contribution in [0.1, 0.15) is 5.69 Å². The third kappa shape index (κ3) is 2.55. The molecule has 1 heterocycles. The molecule has 0 spiro atoms. The Labute approximate surface area is 136 Å². The maximum atomic E-state index is 12.9. The van der Waals surface area contributed by atoms with Gasteiger partial charge in [0.1, 0.15) is 0 Å². The monoisotopic (exact) mass is 329 g/mol. The first-order valence-corrected chi connectivity index (χ1v) is 7.18. The summed E-state index contributed by atoms with van der Waals surface area (Å²) < 4.78 is 6.32. The van der Waals surface area contributed by atoms with Gasteiger partial charge in [0.15, 0.2) is 5.75 Å². The molecule has 0 aliphatic heterocycles. The normalized spacial score (nSPS) is 10.7. The molecule has 1 aromatic heterocycles. The first kappa shape index (κ1) is 15.1. The molecule has 23 heavy (non-hydrogen) atoms. The van der Waals surface area contributed by atoms with E-state index in [4.69, 9.17) is 21.4 Å². The third-order valence-electron chi connectivity index (χ3n) is 3.54. The van der Waals surface area contributed by atoms with Crippen LogP contribution in [0.5, 0.6) is 5.75 Å². The number of hydrogen-bond acceptors (Lipinski definition) is 3. The Kier molecular flexibility index (Phi) is 3.80. The molecule has 6 heteroatoms. The van der Waals surface area contributed by atoms with Crippen LogP contribution in [0.25, 0.3) is 16.5 Å². The maximum Gasteiger partial charge on any atom is 0.511 e. The molecule has 3 aromatic rings. The van der Waals surface area contributed by atoms with Crippen LogP contribution in [0, 0.1) is 6.92 Å². The van der Waals surface area contributed by atoms with Gasteiger partial charge in [0, 0.05) is 11.1 Å². The van der Waals surface area contributed by atoms with Gasteiger partial charge in [0.05, 0.1) is 16.1 Å². The molecule has 0 amide bonds. The minimum Gasteiger partial charge on any atom is -0.449 e. The minimum absolute atomic E-state index is 0.0958. The summed E-state index contributed by atoms with van der Waals surface area (Å²) in [6, 6.07) is 13.7. The number of carboxylic acid groups (broad SMARTS) is 1. The van der Waals surface area contributed by atoms with Gasteiger partial charge in [-0.25, -0.2) is 4.79 Å². The van der Waals surface area contributed by atoms with Crippen molar-refractivity contribution in [3.05, 3.63) is 69.6 Å². The van der Waals surface area contributed by atoms with Crippen molar-refractivity contribution >= 4 is 28.5 Å². The lowest BCUT2D eigenvalue weighted by Crippen LogP contribution is -2.23. The van der Waals surface area contributed by atoms with Crippen LogP contribution >= 0.6 is 11.6 Å². The second-order valence-corrected chi connectivity index (χ2v) is 5.33. The number of aromatic nitrogens is 1. The van der Waals surface area contributed by atoms with Crippen molar-refractivity contribution in [3.8, 4) is 11.4 Å². The van der Waals surface area contributed by atoms with Gasteiger partial charge in [-0.3, -0.25) is 9.36 Å². The zero-order chi connectivity index (χ0) is 16.6. The van der Waals surface area contributed by atoms with Crippen LogP contribution in [0.2, 0.25) is 5.02 Å². The summed E-state index contributed by atoms with van der Waals surface area (Å²) in [5, 5.41) is 9.84. The molecule has 0 bridgehead atoms. The Balaban J connectivity index is 2.49. The zero-order valence-corrected chi connectivity index (χ0v) is 12.9. The Hall–Kier alpha value is -2.79. The summed E-state index contributed by atoms with van der Waals surface area (Å²) in [6.45, 7) is 1.63. The van der Waals surface area contributed by atoms with Crippen molar-refractivity contribution in [2.45, 2.75) is 6.92 Å². The summed E-state index contributed by atoms with van der Waals surface area (Å²) >= 11 is 6.17. The molecule has 0 fully saturated rings. The molecule has 0 radical (unpaired) electrons. The first-order chi connectivity index (χ1) is 11.0. The van der Waals surface area contributed by atoms with Gasteiger partial charge in [0.2, 0.25) is 0 Å². The highest BCUT2D eigenvalue weighted by Gasteiger charge is 2.19. The highest BCUT2D eigenvalue weighted by atomic mass is 35.5. The fourth-order valence-electron chi connectivity index (χ4n) is 2.60. The molecule has 0 aliphatic rings. The fraction of sp³-hybridized carbons (Fsp3) is 0.0588. The van der Waals surface area contributed by atoms with Gasteiger partial charge >= 0.3 is 6.16 Å². The zero-order valence-electron chi connectivity index (χ0n) is 12.1. The quantitative estimate of drug-likeness (QED) is 0.721. The second kappa shape index (κ2) is 5.78. The largest absolute Gasteiger partial charge is 0.511 e. The Morgan fingerprint density at radius 2 is 1.83 bits per heavy atom. The van der Waals surface area contributed by atoms with Gasteiger partial charge < -0.3 is 9.84 Å². The van der Waals surface area contributed by atoms with Crippen LogP contribution in [-0.2, 0) is 0 Å². The van der Waals surface area contributed by atoms with Gasteiger partial charge in [-0.05, 0) is 25.1 Å². The highest BCUT2D eigenvalue weighted by Crippen LogP contribution is 2.32. The van der Waals surface area contributed by atoms with Crippen molar-refractivity contribution in [3.63, 3.8) is 0 Å². The molecule has 0 unspecified atom stereocenters. The van der Waals surface area contributed by atoms with Crippen molar-refractivity contribution in [1.82, 2.24) is 4.57 Å². The second-order valence-electron chi connectivity index (χ2n) is 4.92. The molecule has 2 aromatic carbocycles. The predicted octanol–water partition coefficient (Wildman–Crippen LogP) is 4.01. The topological polar surface area (TPSA) is 68.5 Å². The Morgan fingerprint density at radius 3 is 2.48 bits per heavy atom. The number of ether oxygens (including phenoxy) is 1. The number of halogens is 1. The van der Waals surface area contributed by atoms with Gasteiger partial charge in [-0.2, -0.15) is 0 Å². The summed E-state index contributed by atoms with van der Waals surface area (Å²) in [7, 11) is 0. The van der Waals surface area contributed by atoms with Crippen molar-refractivity contribution in [1.29, 1.82) is 0 Å². The molecular formula is C17H12ClNO4. The first-order valence-electron chi connectivity index (χ1n) is 6.80. The molecule has 0 saturated carbocycles. The van der Waals surface area contributed by atoms with Crippen LogP contribution in [0.3, 0.4) is 0 Å². The van der Waals surface area contributed by atoms with E-state index < -0.39 is 6.16 Å². The molecule has 5 nitrogen and oxygen atoms in total. The standard InChI is InChI=1S/C17H12ClNO4/c1-10-15(23-17(21)22)12-8-5-9-13(18)14(12)16(20)19(10)11-6-3-2-4-7-11/h2-9H,1H3,(H,21,22). The number of nitrogens with zero attached hydrogens (tertiary/aromatic N) is 1. The maximum absolute atomic E-state index is 12.9. The predicted molar refractivity (Wildman–Crippen MR) is 87.9 cm³/mol. The van der Waals surface area contributed by atoms with E-state index in [1.165, 1.54) is 4.57 Å². The number of pyridine rings is 1. The lowest BCUT2D eigenvalue weighted by molar-refractivity contribution is 0.144. The van der Waals surface area contributed by atoms with E-state index >= 15 is 0 Å². The van der Waals surface area contributed by atoms with E-state index in [2.05, 4.69) is 0 Å². The van der Waals surface area contributed by atoms with Gasteiger partial charge in [-0.15, -0.1) is 0 Å². The molecule has 3 rings (SSSR count). The van der Waals surface area contributed by atoms with E-state index in [0.717, 1.165) is 0 Å². The number of fused-ring (bicyclic) bond motifs is 1. The van der Waals surface area contributed by atoms with Gasteiger partial charge in [-0.1, -0.05) is 41.9 Å². The molecule has 0 saturated heterocycles. The minimum atomic E-state index is -1.45. The SMILES string of the molecule is Cc1c(OC(=O)O)c2cccc(Cl)c2c(=O)n1-c1ccccc1. The van der Waals surface area contributed by atoms with E-state index in [1.54, 1.807) is 49.4 Å². The molecular weight excluding hydrogens is 318 g/mol. The average Bonchev–Trinajstić information content (AvgIpc) is 2.52. The summed E-state index contributed by atoms with van der Waals surface area (Å²) in [4.78, 5) is 23.9. The van der Waals surface area contributed by atoms with Gasteiger partial charge in [0.25, 0.3) is 5.56 Å². The van der Waals surface area contributed by atoms with E-state index in [9.17, 15) is 9.59 Å². The number of carbonyl (C=O) groups is 1. The van der Waals surface area contributed by atoms with E-state index in [1.807, 2.05) is 6.07 Å². The van der Waals surface area contributed by atoms with Crippen LogP contribution < -0.4 is 10.3 Å². The smallest absolute Gasteiger partial charge is 0.449 e. The van der Waals surface area contributed by atoms with E-state index in [-0.39, 0.29) is 21.7 Å². The van der Waals surface area contributed by atoms with Crippen LogP contribution in [0.4, 0.5) is 4.79 Å². The number of rotatable bonds is 2. The molecule has 116 valence electrons. The molecule has 0 aliphatic carbocycles. The van der Waals surface area contributed by atoms with Crippen molar-refractivity contribution < 1.29 is 14.6 Å². The van der Waals surface area contributed by atoms with Crippen molar-refractivity contribution in [2.24, 2.45) is 0 Å². The van der Waals surface area contributed by atoms with Crippen molar-refractivity contribution in [2.75, 3.05) is 0 Å². The third-order valence-corrected chi connectivity index (χ3v) is 3.86. The van der Waals surface area contributed by atoms with Crippen LogP contribution in [0.15, 0.2) is 53.3 Å².